The highest BCUT2D eigenvalue weighted by molar-refractivity contribution is 9.10. The molecular formula is C24H20BrNO5. The minimum absolute atomic E-state index is 0.0445. The molecule has 1 fully saturated rings. The van der Waals surface area contributed by atoms with Crippen LogP contribution in [0.25, 0.3) is 5.76 Å². The van der Waals surface area contributed by atoms with Crippen LogP contribution in [-0.2, 0) is 16.1 Å². The van der Waals surface area contributed by atoms with Crippen molar-refractivity contribution >= 4 is 33.4 Å². The van der Waals surface area contributed by atoms with Crippen molar-refractivity contribution in [2.75, 3.05) is 6.61 Å². The molecule has 7 heteroatoms. The van der Waals surface area contributed by atoms with Gasteiger partial charge in [-0.15, -0.1) is 0 Å². The van der Waals surface area contributed by atoms with Gasteiger partial charge >= 0.3 is 0 Å². The van der Waals surface area contributed by atoms with E-state index in [0.29, 0.717) is 29.2 Å². The summed E-state index contributed by atoms with van der Waals surface area (Å²) in [6.45, 7) is 2.52. The lowest BCUT2D eigenvalue weighted by Gasteiger charge is -2.24. The molecule has 6 nitrogen and oxygen atoms in total. The zero-order chi connectivity index (χ0) is 22.0. The monoisotopic (exact) mass is 481 g/mol. The lowest BCUT2D eigenvalue weighted by molar-refractivity contribution is -0.140. The molecule has 0 aliphatic carbocycles. The van der Waals surface area contributed by atoms with Crippen molar-refractivity contribution in [2.24, 2.45) is 0 Å². The summed E-state index contributed by atoms with van der Waals surface area (Å²) in [7, 11) is 0. The number of ketones is 1. The van der Waals surface area contributed by atoms with Gasteiger partial charge in [-0.3, -0.25) is 9.59 Å². The van der Waals surface area contributed by atoms with E-state index in [0.717, 1.165) is 4.47 Å². The summed E-state index contributed by atoms with van der Waals surface area (Å²) in [6.07, 6.45) is 1.51. The number of benzene rings is 2. The maximum Gasteiger partial charge on any atom is 0.296 e. The smallest absolute Gasteiger partial charge is 0.296 e. The Labute approximate surface area is 187 Å². The third-order valence-corrected chi connectivity index (χ3v) is 5.60. The SMILES string of the molecule is CCOc1ccc(C2/C(=C(\O)c3ccc(Br)cc3)C(=O)C(=O)N2Cc2ccco2)cc1. The number of halogens is 1. The second-order valence-corrected chi connectivity index (χ2v) is 7.93. The number of rotatable bonds is 6. The molecule has 1 unspecified atom stereocenters. The number of ether oxygens (including phenoxy) is 1. The highest BCUT2D eigenvalue weighted by Gasteiger charge is 2.46. The number of aliphatic hydroxyl groups excluding tert-OH is 1. The van der Waals surface area contributed by atoms with E-state index in [1.807, 2.05) is 6.92 Å². The molecule has 0 radical (unpaired) electrons. The van der Waals surface area contributed by atoms with Crippen LogP contribution in [0.1, 0.15) is 29.9 Å². The number of hydrogen-bond donors (Lipinski definition) is 1. The van der Waals surface area contributed by atoms with Crippen molar-refractivity contribution in [1.29, 1.82) is 0 Å². The highest BCUT2D eigenvalue weighted by atomic mass is 79.9. The summed E-state index contributed by atoms with van der Waals surface area (Å²) >= 11 is 3.36. The molecule has 1 N–H and O–H groups in total. The average molecular weight is 482 g/mol. The zero-order valence-electron chi connectivity index (χ0n) is 16.7. The second kappa shape index (κ2) is 8.81. The van der Waals surface area contributed by atoms with E-state index in [1.165, 1.54) is 11.2 Å². The summed E-state index contributed by atoms with van der Waals surface area (Å²) in [5.74, 6) is -0.407. The van der Waals surface area contributed by atoms with Crippen LogP contribution in [0.4, 0.5) is 0 Å². The van der Waals surface area contributed by atoms with Crippen molar-refractivity contribution < 1.29 is 23.8 Å². The van der Waals surface area contributed by atoms with E-state index in [-0.39, 0.29) is 17.9 Å². The maximum absolute atomic E-state index is 13.0. The van der Waals surface area contributed by atoms with Crippen molar-refractivity contribution in [3.63, 3.8) is 0 Å². The van der Waals surface area contributed by atoms with Gasteiger partial charge in [-0.1, -0.05) is 40.2 Å². The first kappa shape index (κ1) is 20.9. The van der Waals surface area contributed by atoms with Gasteiger partial charge in [0.15, 0.2) is 0 Å². The summed E-state index contributed by atoms with van der Waals surface area (Å²) in [4.78, 5) is 27.4. The molecule has 2 aromatic carbocycles. The molecule has 158 valence electrons. The number of furan rings is 1. The summed E-state index contributed by atoms with van der Waals surface area (Å²) in [5, 5.41) is 11.0. The molecular weight excluding hydrogens is 462 g/mol. The van der Waals surface area contributed by atoms with E-state index in [1.54, 1.807) is 60.7 Å². The van der Waals surface area contributed by atoms with Gasteiger partial charge in [-0.2, -0.15) is 0 Å². The Kier molecular flexibility index (Phi) is 5.95. The molecule has 0 bridgehead atoms. The number of amides is 1. The number of likely N-dealkylation sites (tertiary alicyclic amines) is 1. The molecule has 0 saturated carbocycles. The highest BCUT2D eigenvalue weighted by Crippen LogP contribution is 2.40. The lowest BCUT2D eigenvalue weighted by Crippen LogP contribution is -2.29. The van der Waals surface area contributed by atoms with Crippen LogP contribution in [0.2, 0.25) is 0 Å². The van der Waals surface area contributed by atoms with E-state index in [9.17, 15) is 14.7 Å². The number of aliphatic hydroxyl groups is 1. The third kappa shape index (κ3) is 4.14. The topological polar surface area (TPSA) is 80.0 Å². The van der Waals surface area contributed by atoms with E-state index in [4.69, 9.17) is 9.15 Å². The van der Waals surface area contributed by atoms with Gasteiger partial charge < -0.3 is 19.2 Å². The molecule has 0 spiro atoms. The predicted molar refractivity (Wildman–Crippen MR) is 118 cm³/mol. The molecule has 1 aromatic heterocycles. The van der Waals surface area contributed by atoms with Crippen LogP contribution in [0.15, 0.2) is 81.4 Å². The summed E-state index contributed by atoms with van der Waals surface area (Å²) in [5.41, 5.74) is 1.19. The standard InChI is InChI=1S/C24H20BrNO5/c1-2-30-18-11-7-15(8-12-18)21-20(22(27)16-5-9-17(25)10-6-16)23(28)24(29)26(21)14-19-4-3-13-31-19/h3-13,21,27H,2,14H2,1H3/b22-20+. The van der Waals surface area contributed by atoms with Gasteiger partial charge in [0.1, 0.15) is 17.3 Å². The van der Waals surface area contributed by atoms with Crippen molar-refractivity contribution in [1.82, 2.24) is 4.90 Å². The summed E-state index contributed by atoms with van der Waals surface area (Å²) in [6, 6.07) is 16.8. The first-order valence-corrected chi connectivity index (χ1v) is 10.6. The molecule has 4 rings (SSSR count). The second-order valence-electron chi connectivity index (χ2n) is 7.02. The molecule has 1 aliphatic rings. The summed E-state index contributed by atoms with van der Waals surface area (Å²) < 4.78 is 11.7. The van der Waals surface area contributed by atoms with E-state index in [2.05, 4.69) is 15.9 Å². The van der Waals surface area contributed by atoms with Crippen LogP contribution in [-0.4, -0.2) is 28.3 Å². The van der Waals surface area contributed by atoms with E-state index >= 15 is 0 Å². The van der Waals surface area contributed by atoms with Gasteiger partial charge in [0.05, 0.1) is 31.0 Å². The molecule has 2 heterocycles. The number of Topliss-reactive ketones (excluding diaryl/α,β-unsaturated/α-hetero) is 1. The van der Waals surface area contributed by atoms with Gasteiger partial charge in [0, 0.05) is 10.0 Å². The Morgan fingerprint density at radius 2 is 1.81 bits per heavy atom. The maximum atomic E-state index is 13.0. The number of carbonyl (C=O) groups is 2. The fourth-order valence-electron chi connectivity index (χ4n) is 3.64. The van der Waals surface area contributed by atoms with Gasteiger partial charge in [-0.25, -0.2) is 0 Å². The van der Waals surface area contributed by atoms with Gasteiger partial charge in [0.2, 0.25) is 0 Å². The van der Waals surface area contributed by atoms with E-state index < -0.39 is 17.7 Å². The minimum Gasteiger partial charge on any atom is -0.507 e. The number of nitrogens with zero attached hydrogens (tertiary/aromatic N) is 1. The average Bonchev–Trinajstić information content (AvgIpc) is 3.37. The van der Waals surface area contributed by atoms with Crippen molar-refractivity contribution in [2.45, 2.75) is 19.5 Å². The normalized spacial score (nSPS) is 17.9. The molecule has 1 aliphatic heterocycles. The van der Waals surface area contributed by atoms with Crippen LogP contribution in [0, 0.1) is 0 Å². The van der Waals surface area contributed by atoms with Crippen LogP contribution >= 0.6 is 15.9 Å². The van der Waals surface area contributed by atoms with Crippen LogP contribution in [0.5, 0.6) is 5.75 Å². The largest absolute Gasteiger partial charge is 0.507 e. The van der Waals surface area contributed by atoms with Crippen LogP contribution in [0.3, 0.4) is 0 Å². The predicted octanol–water partition coefficient (Wildman–Crippen LogP) is 5.06. The Balaban J connectivity index is 1.82. The van der Waals surface area contributed by atoms with Crippen molar-refractivity contribution in [3.8, 4) is 5.75 Å². The fraction of sp³-hybridized carbons (Fsp3) is 0.167. The van der Waals surface area contributed by atoms with Crippen LogP contribution < -0.4 is 4.74 Å². The lowest BCUT2D eigenvalue weighted by atomic mass is 9.95. The Morgan fingerprint density at radius 1 is 1.10 bits per heavy atom. The molecule has 1 amide bonds. The minimum atomic E-state index is -0.760. The Morgan fingerprint density at radius 3 is 2.42 bits per heavy atom. The Hall–Kier alpha value is -3.32. The van der Waals surface area contributed by atoms with Crippen molar-refractivity contribution in [3.05, 3.63) is 93.9 Å². The number of hydrogen-bond acceptors (Lipinski definition) is 5. The first-order valence-electron chi connectivity index (χ1n) is 9.79. The fourth-order valence-corrected chi connectivity index (χ4v) is 3.90. The first-order chi connectivity index (χ1) is 15.0. The molecule has 1 atom stereocenters. The van der Waals surface area contributed by atoms with Gasteiger partial charge in [-0.05, 0) is 48.9 Å². The third-order valence-electron chi connectivity index (χ3n) is 5.07. The Bertz CT molecular complexity index is 1120. The zero-order valence-corrected chi connectivity index (χ0v) is 18.3. The number of carbonyl (C=O) groups excluding carboxylic acids is 2. The quantitative estimate of drug-likeness (QED) is 0.302. The van der Waals surface area contributed by atoms with Gasteiger partial charge in [0.25, 0.3) is 11.7 Å². The molecule has 3 aromatic rings. The molecule has 31 heavy (non-hydrogen) atoms. The molecule has 1 saturated heterocycles.